The molecule has 0 aliphatic heterocycles. The van der Waals surface area contributed by atoms with Gasteiger partial charge in [-0.25, -0.2) is 13.4 Å². The van der Waals surface area contributed by atoms with Crippen molar-refractivity contribution in [3.63, 3.8) is 0 Å². The highest BCUT2D eigenvalue weighted by Crippen LogP contribution is 2.21. The van der Waals surface area contributed by atoms with Crippen LogP contribution >= 0.6 is 0 Å². The lowest BCUT2D eigenvalue weighted by Crippen LogP contribution is -2.13. The fourth-order valence-electron chi connectivity index (χ4n) is 4.21. The second-order valence-corrected chi connectivity index (χ2v) is 10.5. The molecule has 1 heterocycles. The summed E-state index contributed by atoms with van der Waals surface area (Å²) in [5.74, 6) is 1.58. The Bertz CT molecular complexity index is 1340. The molecule has 1 N–H and O–H groups in total. The van der Waals surface area contributed by atoms with Crippen molar-refractivity contribution in [2.75, 3.05) is 4.72 Å². The zero-order chi connectivity index (χ0) is 23.4. The lowest BCUT2D eigenvalue weighted by Gasteiger charge is -2.11. The van der Waals surface area contributed by atoms with E-state index in [2.05, 4.69) is 36.1 Å². The standard InChI is InChI=1S/C27H31N3O2S/c1-4-30-26-11-6-5-10-25(26)28-27(30)17-14-21-8-7-9-23(19-21)29-33(31,32)24-15-12-22(13-16-24)18-20(2)3/h5-13,15-16,19-20,29H,4,14,17-18H2,1-3H3. The van der Waals surface area contributed by atoms with E-state index in [1.807, 2.05) is 48.5 Å². The number of aryl methyl sites for hydroxylation is 3. The Morgan fingerprint density at radius 3 is 2.39 bits per heavy atom. The summed E-state index contributed by atoms with van der Waals surface area (Å²) in [5.41, 5.74) is 4.94. The maximum atomic E-state index is 12.9. The first-order valence-electron chi connectivity index (χ1n) is 11.5. The van der Waals surface area contributed by atoms with Crippen LogP contribution in [0, 0.1) is 5.92 Å². The number of para-hydroxylation sites is 2. The third-order valence-electron chi connectivity index (χ3n) is 5.74. The van der Waals surface area contributed by atoms with Gasteiger partial charge in [0.25, 0.3) is 10.0 Å². The zero-order valence-electron chi connectivity index (χ0n) is 19.5. The van der Waals surface area contributed by atoms with Crippen LogP contribution in [0.5, 0.6) is 0 Å². The van der Waals surface area contributed by atoms with Gasteiger partial charge < -0.3 is 4.57 Å². The number of nitrogens with one attached hydrogen (secondary N) is 1. The molecule has 0 spiro atoms. The molecule has 0 bridgehead atoms. The summed E-state index contributed by atoms with van der Waals surface area (Å²) in [6.45, 7) is 7.29. The van der Waals surface area contributed by atoms with Gasteiger partial charge in [-0.05, 0) is 73.2 Å². The molecule has 0 fully saturated rings. The van der Waals surface area contributed by atoms with E-state index in [4.69, 9.17) is 4.98 Å². The van der Waals surface area contributed by atoms with Crippen LogP contribution in [0.2, 0.25) is 0 Å². The number of aromatic nitrogens is 2. The lowest BCUT2D eigenvalue weighted by atomic mass is 10.0. The van der Waals surface area contributed by atoms with Gasteiger partial charge in [-0.15, -0.1) is 0 Å². The number of imidazole rings is 1. The number of rotatable bonds is 9. The summed E-state index contributed by atoms with van der Waals surface area (Å²) in [4.78, 5) is 5.07. The molecule has 0 unspecified atom stereocenters. The van der Waals surface area contributed by atoms with Crippen molar-refractivity contribution in [1.29, 1.82) is 0 Å². The van der Waals surface area contributed by atoms with E-state index < -0.39 is 10.0 Å². The molecule has 0 saturated heterocycles. The Hall–Kier alpha value is -3.12. The molecule has 0 aliphatic rings. The minimum absolute atomic E-state index is 0.275. The van der Waals surface area contributed by atoms with Crippen molar-refractivity contribution < 1.29 is 8.42 Å². The van der Waals surface area contributed by atoms with Crippen LogP contribution in [0.15, 0.2) is 77.7 Å². The average Bonchev–Trinajstić information content (AvgIpc) is 3.15. The minimum atomic E-state index is -3.64. The van der Waals surface area contributed by atoms with E-state index in [9.17, 15) is 8.42 Å². The Labute approximate surface area is 196 Å². The van der Waals surface area contributed by atoms with Gasteiger partial charge in [-0.2, -0.15) is 0 Å². The number of fused-ring (bicyclic) bond motifs is 1. The first kappa shape index (κ1) is 23.1. The van der Waals surface area contributed by atoms with E-state index in [0.29, 0.717) is 11.6 Å². The van der Waals surface area contributed by atoms with Crippen LogP contribution in [0.1, 0.15) is 37.7 Å². The zero-order valence-corrected chi connectivity index (χ0v) is 20.3. The van der Waals surface area contributed by atoms with Crippen LogP contribution in [-0.2, 0) is 35.8 Å². The van der Waals surface area contributed by atoms with Crippen molar-refractivity contribution in [3.8, 4) is 0 Å². The first-order valence-corrected chi connectivity index (χ1v) is 13.0. The van der Waals surface area contributed by atoms with Crippen molar-refractivity contribution in [3.05, 3.63) is 89.7 Å². The molecular weight excluding hydrogens is 430 g/mol. The molecule has 4 aromatic rings. The Balaban J connectivity index is 1.47. The molecule has 6 heteroatoms. The maximum absolute atomic E-state index is 12.9. The molecule has 172 valence electrons. The van der Waals surface area contributed by atoms with E-state index >= 15 is 0 Å². The van der Waals surface area contributed by atoms with Gasteiger partial charge in [0.2, 0.25) is 0 Å². The molecule has 3 aromatic carbocycles. The highest BCUT2D eigenvalue weighted by Gasteiger charge is 2.15. The second-order valence-electron chi connectivity index (χ2n) is 8.81. The molecule has 0 radical (unpaired) electrons. The van der Waals surface area contributed by atoms with E-state index in [1.54, 1.807) is 18.2 Å². The van der Waals surface area contributed by atoms with Crippen LogP contribution in [0.4, 0.5) is 5.69 Å². The predicted octanol–water partition coefficient (Wildman–Crippen LogP) is 5.84. The predicted molar refractivity (Wildman–Crippen MR) is 135 cm³/mol. The molecule has 0 amide bonds. The third-order valence-corrected chi connectivity index (χ3v) is 7.14. The largest absolute Gasteiger partial charge is 0.328 e. The van der Waals surface area contributed by atoms with Gasteiger partial charge in [0, 0.05) is 18.7 Å². The number of hydrogen-bond acceptors (Lipinski definition) is 3. The van der Waals surface area contributed by atoms with Gasteiger partial charge >= 0.3 is 0 Å². The number of anilines is 1. The third kappa shape index (κ3) is 5.45. The first-order chi connectivity index (χ1) is 15.9. The molecule has 4 rings (SSSR count). The van der Waals surface area contributed by atoms with Crippen LogP contribution in [0.25, 0.3) is 11.0 Å². The minimum Gasteiger partial charge on any atom is -0.328 e. The van der Waals surface area contributed by atoms with E-state index in [0.717, 1.165) is 53.8 Å². The summed E-state index contributed by atoms with van der Waals surface area (Å²) in [7, 11) is -3.64. The fourth-order valence-corrected chi connectivity index (χ4v) is 5.26. The highest BCUT2D eigenvalue weighted by atomic mass is 32.2. The molecule has 5 nitrogen and oxygen atoms in total. The summed E-state index contributed by atoms with van der Waals surface area (Å²) in [6.07, 6.45) is 2.50. The Morgan fingerprint density at radius 2 is 1.67 bits per heavy atom. The maximum Gasteiger partial charge on any atom is 0.261 e. The number of benzene rings is 3. The van der Waals surface area contributed by atoms with Crippen molar-refractivity contribution in [2.45, 2.75) is 51.5 Å². The normalized spacial score (nSPS) is 11.9. The monoisotopic (exact) mass is 461 g/mol. The topological polar surface area (TPSA) is 64.0 Å². The molecular formula is C27H31N3O2S. The van der Waals surface area contributed by atoms with Gasteiger partial charge in [-0.1, -0.05) is 50.2 Å². The number of nitrogens with zero attached hydrogens (tertiary/aromatic N) is 2. The molecule has 1 aromatic heterocycles. The smallest absolute Gasteiger partial charge is 0.261 e. The number of hydrogen-bond donors (Lipinski definition) is 1. The molecule has 0 aliphatic carbocycles. The van der Waals surface area contributed by atoms with E-state index in [1.165, 1.54) is 0 Å². The second kappa shape index (κ2) is 9.79. The quantitative estimate of drug-likeness (QED) is 0.340. The Morgan fingerprint density at radius 1 is 0.909 bits per heavy atom. The van der Waals surface area contributed by atoms with Gasteiger partial charge in [0.15, 0.2) is 0 Å². The number of sulfonamides is 1. The van der Waals surface area contributed by atoms with Crippen molar-refractivity contribution in [2.24, 2.45) is 5.92 Å². The van der Waals surface area contributed by atoms with Crippen LogP contribution in [0.3, 0.4) is 0 Å². The van der Waals surface area contributed by atoms with E-state index in [-0.39, 0.29) is 4.90 Å². The van der Waals surface area contributed by atoms with Gasteiger partial charge in [0.05, 0.1) is 15.9 Å². The van der Waals surface area contributed by atoms with Crippen LogP contribution < -0.4 is 4.72 Å². The summed E-state index contributed by atoms with van der Waals surface area (Å²) >= 11 is 0. The summed E-state index contributed by atoms with van der Waals surface area (Å²) in [6, 6.07) is 22.9. The van der Waals surface area contributed by atoms with Gasteiger partial charge in [-0.3, -0.25) is 4.72 Å². The van der Waals surface area contributed by atoms with Gasteiger partial charge in [0.1, 0.15) is 5.82 Å². The highest BCUT2D eigenvalue weighted by molar-refractivity contribution is 7.92. The lowest BCUT2D eigenvalue weighted by molar-refractivity contribution is 0.601. The Kier molecular flexibility index (Phi) is 6.84. The molecule has 33 heavy (non-hydrogen) atoms. The summed E-state index contributed by atoms with van der Waals surface area (Å²) in [5, 5.41) is 0. The SMILES string of the molecule is CCn1c(CCc2cccc(NS(=O)(=O)c3ccc(CC(C)C)cc3)c2)nc2ccccc21. The molecule has 0 atom stereocenters. The van der Waals surface area contributed by atoms with Crippen molar-refractivity contribution in [1.82, 2.24) is 9.55 Å². The molecule has 0 saturated carbocycles. The van der Waals surface area contributed by atoms with Crippen LogP contribution in [-0.4, -0.2) is 18.0 Å². The summed E-state index contributed by atoms with van der Waals surface area (Å²) < 4.78 is 30.7. The fraction of sp³-hybridized carbons (Fsp3) is 0.296. The average molecular weight is 462 g/mol. The van der Waals surface area contributed by atoms with Crippen molar-refractivity contribution >= 4 is 26.7 Å².